The van der Waals surface area contributed by atoms with Gasteiger partial charge in [0.25, 0.3) is 0 Å². The minimum atomic E-state index is -0.148. The topological polar surface area (TPSA) is 38.3 Å². The van der Waals surface area contributed by atoms with E-state index < -0.39 is 0 Å². The number of carbonyl (C=O) groups is 1. The highest BCUT2D eigenvalue weighted by Crippen LogP contribution is 2.29. The molecule has 0 amide bonds. The third kappa shape index (κ3) is 3.46. The van der Waals surface area contributed by atoms with Gasteiger partial charge in [-0.15, -0.1) is 0 Å². The van der Waals surface area contributed by atoms with E-state index in [9.17, 15) is 4.79 Å². The van der Waals surface area contributed by atoms with Gasteiger partial charge in [-0.05, 0) is 61.4 Å². The van der Waals surface area contributed by atoms with Crippen molar-refractivity contribution in [1.29, 1.82) is 0 Å². The first-order valence-electron chi connectivity index (χ1n) is 8.29. The van der Waals surface area contributed by atoms with Crippen molar-refractivity contribution in [3.8, 4) is 0 Å². The Morgan fingerprint density at radius 1 is 1.33 bits per heavy atom. The van der Waals surface area contributed by atoms with Crippen LogP contribution < -0.4 is 5.32 Å². The Bertz CT molecular complexity index is 512. The standard InChI is InChI=1S/C18H25NO2/c1-2-13-4-3-5-17(10-13)21-18(20)15-7-6-14-8-9-19-12-16(14)11-15/h6-7,11,13,17,19H,2-5,8-10,12H2,1H3. The van der Waals surface area contributed by atoms with Crippen molar-refractivity contribution < 1.29 is 9.53 Å². The largest absolute Gasteiger partial charge is 0.459 e. The monoisotopic (exact) mass is 287 g/mol. The van der Waals surface area contributed by atoms with E-state index in [1.807, 2.05) is 12.1 Å². The second kappa shape index (κ2) is 6.61. The van der Waals surface area contributed by atoms with Gasteiger partial charge in [-0.3, -0.25) is 0 Å². The van der Waals surface area contributed by atoms with E-state index in [1.54, 1.807) is 0 Å². The zero-order valence-corrected chi connectivity index (χ0v) is 12.9. The molecule has 0 bridgehead atoms. The van der Waals surface area contributed by atoms with E-state index in [2.05, 4.69) is 18.3 Å². The van der Waals surface area contributed by atoms with Crippen LogP contribution in [0.25, 0.3) is 0 Å². The molecular formula is C18H25NO2. The number of hydrogen-bond donors (Lipinski definition) is 1. The van der Waals surface area contributed by atoms with Crippen molar-refractivity contribution in [3.63, 3.8) is 0 Å². The molecule has 2 aliphatic rings. The minimum Gasteiger partial charge on any atom is -0.459 e. The maximum atomic E-state index is 12.4. The number of carbonyl (C=O) groups excluding carboxylic acids is 1. The molecular weight excluding hydrogens is 262 g/mol. The van der Waals surface area contributed by atoms with Gasteiger partial charge in [-0.1, -0.05) is 25.8 Å². The van der Waals surface area contributed by atoms with Crippen molar-refractivity contribution in [2.24, 2.45) is 5.92 Å². The Morgan fingerprint density at radius 3 is 3.10 bits per heavy atom. The third-order valence-corrected chi connectivity index (χ3v) is 4.91. The number of rotatable bonds is 3. The van der Waals surface area contributed by atoms with E-state index in [4.69, 9.17) is 4.74 Å². The van der Waals surface area contributed by atoms with E-state index in [1.165, 1.54) is 30.4 Å². The molecule has 0 aromatic heterocycles. The lowest BCUT2D eigenvalue weighted by molar-refractivity contribution is 0.0140. The summed E-state index contributed by atoms with van der Waals surface area (Å²) in [4.78, 5) is 12.4. The van der Waals surface area contributed by atoms with Crippen molar-refractivity contribution >= 4 is 5.97 Å². The number of ether oxygens (including phenoxy) is 1. The SMILES string of the molecule is CCC1CCCC(OC(=O)c2ccc3c(c2)CNCC3)C1. The van der Waals surface area contributed by atoms with Crippen LogP contribution >= 0.6 is 0 Å². The maximum absolute atomic E-state index is 12.4. The zero-order valence-electron chi connectivity index (χ0n) is 12.9. The molecule has 0 saturated heterocycles. The van der Waals surface area contributed by atoms with E-state index in [0.29, 0.717) is 5.56 Å². The number of nitrogens with one attached hydrogen (secondary N) is 1. The molecule has 3 nitrogen and oxygen atoms in total. The molecule has 1 aliphatic heterocycles. The van der Waals surface area contributed by atoms with E-state index in [0.717, 1.165) is 38.3 Å². The van der Waals surface area contributed by atoms with Crippen LogP contribution in [-0.2, 0) is 17.7 Å². The van der Waals surface area contributed by atoms with Crippen LogP contribution in [0, 0.1) is 5.92 Å². The van der Waals surface area contributed by atoms with Crippen LogP contribution in [0.4, 0.5) is 0 Å². The molecule has 1 heterocycles. The average molecular weight is 287 g/mol. The van der Waals surface area contributed by atoms with E-state index in [-0.39, 0.29) is 12.1 Å². The predicted molar refractivity (Wildman–Crippen MR) is 83.3 cm³/mol. The van der Waals surface area contributed by atoms with Gasteiger partial charge in [-0.2, -0.15) is 0 Å². The summed E-state index contributed by atoms with van der Waals surface area (Å²) in [7, 11) is 0. The normalized spacial score (nSPS) is 25.2. The van der Waals surface area contributed by atoms with Gasteiger partial charge in [-0.25, -0.2) is 4.79 Å². The summed E-state index contributed by atoms with van der Waals surface area (Å²) in [5.74, 6) is 0.578. The van der Waals surface area contributed by atoms with Crippen molar-refractivity contribution in [3.05, 3.63) is 34.9 Å². The maximum Gasteiger partial charge on any atom is 0.338 e. The van der Waals surface area contributed by atoms with Gasteiger partial charge in [0.2, 0.25) is 0 Å². The second-order valence-corrected chi connectivity index (χ2v) is 6.38. The van der Waals surface area contributed by atoms with Crippen LogP contribution in [0.15, 0.2) is 18.2 Å². The molecule has 1 fully saturated rings. The predicted octanol–water partition coefficient (Wildman–Crippen LogP) is 3.46. The quantitative estimate of drug-likeness (QED) is 0.865. The molecule has 0 radical (unpaired) electrons. The van der Waals surface area contributed by atoms with Crippen molar-refractivity contribution in [1.82, 2.24) is 5.32 Å². The summed E-state index contributed by atoms with van der Waals surface area (Å²) in [6.45, 7) is 4.11. The Morgan fingerprint density at radius 2 is 2.24 bits per heavy atom. The van der Waals surface area contributed by atoms with E-state index >= 15 is 0 Å². The molecule has 1 N–H and O–H groups in total. The summed E-state index contributed by atoms with van der Waals surface area (Å²) in [6.07, 6.45) is 6.89. The molecule has 1 aromatic rings. The summed E-state index contributed by atoms with van der Waals surface area (Å²) >= 11 is 0. The third-order valence-electron chi connectivity index (χ3n) is 4.91. The molecule has 1 aliphatic carbocycles. The van der Waals surface area contributed by atoms with Gasteiger partial charge >= 0.3 is 5.97 Å². The van der Waals surface area contributed by atoms with Gasteiger partial charge in [0.05, 0.1) is 5.56 Å². The molecule has 1 aromatic carbocycles. The van der Waals surface area contributed by atoms with Crippen LogP contribution in [0.3, 0.4) is 0 Å². The lowest BCUT2D eigenvalue weighted by atomic mass is 9.85. The van der Waals surface area contributed by atoms with Gasteiger partial charge in [0.15, 0.2) is 0 Å². The average Bonchev–Trinajstić information content (AvgIpc) is 2.54. The number of hydrogen-bond acceptors (Lipinski definition) is 3. The summed E-state index contributed by atoms with van der Waals surface area (Å²) < 4.78 is 5.74. The fraction of sp³-hybridized carbons (Fsp3) is 0.611. The smallest absolute Gasteiger partial charge is 0.338 e. The fourth-order valence-corrected chi connectivity index (χ4v) is 3.55. The highest BCUT2D eigenvalue weighted by molar-refractivity contribution is 5.89. The molecule has 1 saturated carbocycles. The number of esters is 1. The number of benzene rings is 1. The Labute approximate surface area is 127 Å². The molecule has 3 heteroatoms. The first-order valence-corrected chi connectivity index (χ1v) is 8.29. The summed E-state index contributed by atoms with van der Waals surface area (Å²) in [6, 6.07) is 6.01. The first-order chi connectivity index (χ1) is 10.3. The molecule has 3 rings (SSSR count). The Kier molecular flexibility index (Phi) is 4.59. The lowest BCUT2D eigenvalue weighted by Crippen LogP contribution is -2.26. The zero-order chi connectivity index (χ0) is 14.7. The second-order valence-electron chi connectivity index (χ2n) is 6.38. The fourth-order valence-electron chi connectivity index (χ4n) is 3.55. The molecule has 2 atom stereocenters. The summed E-state index contributed by atoms with van der Waals surface area (Å²) in [5, 5.41) is 3.35. The van der Waals surface area contributed by atoms with Gasteiger partial charge in [0, 0.05) is 6.54 Å². The number of fused-ring (bicyclic) bond motifs is 1. The molecule has 0 spiro atoms. The van der Waals surface area contributed by atoms with Crippen molar-refractivity contribution in [2.45, 2.75) is 58.1 Å². The van der Waals surface area contributed by atoms with Crippen LogP contribution in [-0.4, -0.2) is 18.6 Å². The molecule has 21 heavy (non-hydrogen) atoms. The highest BCUT2D eigenvalue weighted by atomic mass is 16.5. The minimum absolute atomic E-state index is 0.116. The van der Waals surface area contributed by atoms with Crippen LogP contribution in [0.2, 0.25) is 0 Å². The Balaban J connectivity index is 1.65. The first kappa shape index (κ1) is 14.6. The van der Waals surface area contributed by atoms with Crippen LogP contribution in [0.5, 0.6) is 0 Å². The van der Waals surface area contributed by atoms with Crippen LogP contribution in [0.1, 0.15) is 60.5 Å². The molecule has 114 valence electrons. The Hall–Kier alpha value is -1.35. The highest BCUT2D eigenvalue weighted by Gasteiger charge is 2.24. The van der Waals surface area contributed by atoms with Gasteiger partial charge < -0.3 is 10.1 Å². The summed E-state index contributed by atoms with van der Waals surface area (Å²) in [5.41, 5.74) is 3.30. The molecule has 2 unspecified atom stereocenters. The van der Waals surface area contributed by atoms with Crippen molar-refractivity contribution in [2.75, 3.05) is 6.54 Å². The lowest BCUT2D eigenvalue weighted by Gasteiger charge is -2.28. The van der Waals surface area contributed by atoms with Gasteiger partial charge in [0.1, 0.15) is 6.10 Å².